The molecule has 0 bridgehead atoms. The molecule has 34 heavy (non-hydrogen) atoms. The second kappa shape index (κ2) is 9.80. The minimum atomic E-state index is -0.319. The Kier molecular flexibility index (Phi) is 6.43. The van der Waals surface area contributed by atoms with Gasteiger partial charge < -0.3 is 14.2 Å². The molecular formula is C24H23N5O4S. The Hall–Kier alpha value is -3.47. The van der Waals surface area contributed by atoms with E-state index in [4.69, 9.17) is 14.2 Å². The lowest BCUT2D eigenvalue weighted by molar-refractivity contribution is -0.0875. The minimum absolute atomic E-state index is 0.0324. The van der Waals surface area contributed by atoms with Crippen molar-refractivity contribution in [1.29, 1.82) is 0 Å². The van der Waals surface area contributed by atoms with Crippen LogP contribution in [0.2, 0.25) is 0 Å². The summed E-state index contributed by atoms with van der Waals surface area (Å²) in [5.74, 6) is 0.357. The number of nitrogens with one attached hydrogen (secondary N) is 1. The molecule has 0 saturated carbocycles. The highest BCUT2D eigenvalue weighted by Gasteiger charge is 2.20. The number of aryl methyl sites for hydroxylation is 1. The van der Waals surface area contributed by atoms with Gasteiger partial charge in [-0.25, -0.2) is 9.97 Å². The zero-order valence-electron chi connectivity index (χ0n) is 18.8. The van der Waals surface area contributed by atoms with Crippen LogP contribution in [0.15, 0.2) is 42.7 Å². The van der Waals surface area contributed by atoms with Crippen molar-refractivity contribution < 1.29 is 19.0 Å². The van der Waals surface area contributed by atoms with Crippen molar-refractivity contribution in [3.8, 4) is 16.9 Å². The molecule has 5 rings (SSSR count). The van der Waals surface area contributed by atoms with Gasteiger partial charge in [-0.3, -0.25) is 15.1 Å². The molecular weight excluding hydrogens is 454 g/mol. The smallest absolute Gasteiger partial charge is 0.259 e. The van der Waals surface area contributed by atoms with Crippen LogP contribution in [0.1, 0.15) is 21.7 Å². The van der Waals surface area contributed by atoms with E-state index in [1.165, 1.54) is 11.3 Å². The zero-order chi connectivity index (χ0) is 23.5. The standard InChI is InChI=1S/C24H23N5O4S/c1-14-9-18(17-5-3-4-6-20(17)31-2)19(12-25-14)22(30)29-24-28-21-23(34-24)27-15(11-26-21)10-16-13-32-7-8-33-16/h3-6,9,11-12,16H,7-8,10,13H2,1-2H3,(H,26,28,29,30). The van der Waals surface area contributed by atoms with Gasteiger partial charge in [0.2, 0.25) is 0 Å². The highest BCUT2D eigenvalue weighted by Crippen LogP contribution is 2.33. The molecule has 0 aliphatic carbocycles. The molecule has 174 valence electrons. The van der Waals surface area contributed by atoms with E-state index < -0.39 is 0 Å². The van der Waals surface area contributed by atoms with E-state index >= 15 is 0 Å². The highest BCUT2D eigenvalue weighted by molar-refractivity contribution is 7.21. The Labute approximate surface area is 200 Å². The Morgan fingerprint density at radius 3 is 2.88 bits per heavy atom. The molecule has 0 radical (unpaired) electrons. The van der Waals surface area contributed by atoms with Crippen LogP contribution in [0, 0.1) is 6.92 Å². The predicted molar refractivity (Wildman–Crippen MR) is 128 cm³/mol. The quantitative estimate of drug-likeness (QED) is 0.448. The maximum Gasteiger partial charge on any atom is 0.259 e. The van der Waals surface area contributed by atoms with Crippen molar-refractivity contribution in [3.63, 3.8) is 0 Å². The Morgan fingerprint density at radius 2 is 2.06 bits per heavy atom. The lowest BCUT2D eigenvalue weighted by Gasteiger charge is -2.22. The fraction of sp³-hybridized carbons (Fsp3) is 0.292. The van der Waals surface area contributed by atoms with Crippen LogP contribution in [0.4, 0.5) is 5.13 Å². The third-order valence-corrected chi connectivity index (χ3v) is 6.25. The molecule has 1 fully saturated rings. The predicted octanol–water partition coefficient (Wildman–Crippen LogP) is 3.68. The number of hydrogen-bond donors (Lipinski definition) is 1. The summed E-state index contributed by atoms with van der Waals surface area (Å²) >= 11 is 1.28. The van der Waals surface area contributed by atoms with Crippen molar-refractivity contribution in [2.75, 3.05) is 32.2 Å². The first kappa shape index (κ1) is 22.3. The second-order valence-corrected chi connectivity index (χ2v) is 8.78. The molecule has 1 N–H and O–H groups in total. The molecule has 1 aliphatic heterocycles. The summed E-state index contributed by atoms with van der Waals surface area (Å²) < 4.78 is 16.7. The summed E-state index contributed by atoms with van der Waals surface area (Å²) in [6, 6.07) is 9.44. The zero-order valence-corrected chi connectivity index (χ0v) is 19.6. The van der Waals surface area contributed by atoms with Gasteiger partial charge in [0.25, 0.3) is 5.91 Å². The number of carbonyl (C=O) groups excluding carboxylic acids is 1. The molecule has 1 saturated heterocycles. The van der Waals surface area contributed by atoms with Crippen LogP contribution in [0.5, 0.6) is 5.75 Å². The SMILES string of the molecule is COc1ccccc1-c1cc(C)ncc1C(=O)Nc1nc2ncc(CC3COCCO3)nc2s1. The van der Waals surface area contributed by atoms with Crippen LogP contribution in [0.3, 0.4) is 0 Å². The van der Waals surface area contributed by atoms with E-state index in [1.807, 2.05) is 37.3 Å². The molecule has 4 heterocycles. The average Bonchev–Trinajstić information content (AvgIpc) is 3.26. The number of hydrogen-bond acceptors (Lipinski definition) is 9. The monoisotopic (exact) mass is 477 g/mol. The number of amides is 1. The van der Waals surface area contributed by atoms with Crippen LogP contribution in [0.25, 0.3) is 21.6 Å². The lowest BCUT2D eigenvalue weighted by Crippen LogP contribution is -2.30. The van der Waals surface area contributed by atoms with Crippen molar-refractivity contribution in [3.05, 3.63) is 59.7 Å². The summed E-state index contributed by atoms with van der Waals surface area (Å²) in [5.41, 5.74) is 4.04. The fourth-order valence-electron chi connectivity index (χ4n) is 3.79. The molecule has 1 atom stereocenters. The number of pyridine rings is 1. The van der Waals surface area contributed by atoms with E-state index in [0.29, 0.717) is 53.2 Å². The van der Waals surface area contributed by atoms with E-state index in [1.54, 1.807) is 19.5 Å². The van der Waals surface area contributed by atoms with Gasteiger partial charge in [-0.2, -0.15) is 4.98 Å². The summed E-state index contributed by atoms with van der Waals surface area (Å²) in [5, 5.41) is 3.30. The van der Waals surface area contributed by atoms with Gasteiger partial charge in [-0.15, -0.1) is 0 Å². The third kappa shape index (κ3) is 4.74. The molecule has 3 aromatic heterocycles. The first-order valence-electron chi connectivity index (χ1n) is 10.8. The van der Waals surface area contributed by atoms with E-state index in [2.05, 4.69) is 25.3 Å². The first-order chi connectivity index (χ1) is 16.6. The Bertz CT molecular complexity index is 1340. The molecule has 1 aromatic carbocycles. The largest absolute Gasteiger partial charge is 0.496 e. The van der Waals surface area contributed by atoms with Crippen molar-refractivity contribution in [2.45, 2.75) is 19.4 Å². The molecule has 4 aromatic rings. The highest BCUT2D eigenvalue weighted by atomic mass is 32.1. The van der Waals surface area contributed by atoms with E-state index in [9.17, 15) is 4.79 Å². The third-order valence-electron chi connectivity index (χ3n) is 5.40. The average molecular weight is 478 g/mol. The number of ether oxygens (including phenoxy) is 3. The van der Waals surface area contributed by atoms with Crippen LogP contribution >= 0.6 is 11.3 Å². The maximum absolute atomic E-state index is 13.2. The van der Waals surface area contributed by atoms with Crippen molar-refractivity contribution in [1.82, 2.24) is 19.9 Å². The number of para-hydroxylation sites is 1. The van der Waals surface area contributed by atoms with Gasteiger partial charge in [0.1, 0.15) is 5.75 Å². The Balaban J connectivity index is 1.39. The van der Waals surface area contributed by atoms with Gasteiger partial charge in [0, 0.05) is 29.4 Å². The molecule has 10 heteroatoms. The molecule has 9 nitrogen and oxygen atoms in total. The first-order valence-corrected chi connectivity index (χ1v) is 11.7. The van der Waals surface area contributed by atoms with Gasteiger partial charge >= 0.3 is 0 Å². The molecule has 1 amide bonds. The molecule has 1 unspecified atom stereocenters. The van der Waals surface area contributed by atoms with Gasteiger partial charge in [-0.1, -0.05) is 29.5 Å². The summed E-state index contributed by atoms with van der Waals surface area (Å²) in [6.45, 7) is 3.63. The Morgan fingerprint density at radius 1 is 1.18 bits per heavy atom. The van der Waals surface area contributed by atoms with Crippen molar-refractivity contribution >= 4 is 32.9 Å². The van der Waals surface area contributed by atoms with E-state index in [-0.39, 0.29) is 12.0 Å². The number of carbonyl (C=O) groups is 1. The topological polar surface area (TPSA) is 108 Å². The minimum Gasteiger partial charge on any atom is -0.496 e. The van der Waals surface area contributed by atoms with Crippen LogP contribution in [-0.4, -0.2) is 58.9 Å². The molecule has 1 aliphatic rings. The summed E-state index contributed by atoms with van der Waals surface area (Å²) in [6.07, 6.45) is 3.84. The molecule has 0 spiro atoms. The van der Waals surface area contributed by atoms with Gasteiger partial charge in [0.15, 0.2) is 15.6 Å². The number of benzene rings is 1. The van der Waals surface area contributed by atoms with Crippen LogP contribution < -0.4 is 10.1 Å². The number of anilines is 1. The number of thiazole rings is 1. The number of aromatic nitrogens is 4. The second-order valence-electron chi connectivity index (χ2n) is 7.81. The maximum atomic E-state index is 13.2. The van der Waals surface area contributed by atoms with Gasteiger partial charge in [0.05, 0.1) is 50.5 Å². The number of rotatable bonds is 6. The summed E-state index contributed by atoms with van der Waals surface area (Å²) in [4.78, 5) is 31.7. The fourth-order valence-corrected chi connectivity index (χ4v) is 4.60. The number of fused-ring (bicyclic) bond motifs is 1. The number of nitrogens with zero attached hydrogens (tertiary/aromatic N) is 4. The normalized spacial score (nSPS) is 15.9. The van der Waals surface area contributed by atoms with Crippen molar-refractivity contribution in [2.24, 2.45) is 0 Å². The van der Waals surface area contributed by atoms with Crippen LogP contribution in [-0.2, 0) is 15.9 Å². The van der Waals surface area contributed by atoms with Gasteiger partial charge in [-0.05, 0) is 19.1 Å². The summed E-state index contributed by atoms with van der Waals surface area (Å²) in [7, 11) is 1.61. The number of methoxy groups -OCH3 is 1. The lowest BCUT2D eigenvalue weighted by atomic mass is 9.99. The van der Waals surface area contributed by atoms with E-state index in [0.717, 1.165) is 22.5 Å².